The summed E-state index contributed by atoms with van der Waals surface area (Å²) in [5.41, 5.74) is 7.31. The molecule has 1 aromatic heterocycles. The normalized spacial score (nSPS) is 12.7. The molecule has 1 heterocycles. The van der Waals surface area contributed by atoms with Crippen LogP contribution in [0.5, 0.6) is 0 Å². The Hall–Kier alpha value is -1.24. The third-order valence-electron chi connectivity index (χ3n) is 3.13. The van der Waals surface area contributed by atoms with Crippen LogP contribution in [0.15, 0.2) is 22.8 Å². The minimum absolute atomic E-state index is 0.140. The molecule has 1 aromatic carbocycles. The maximum Gasteiger partial charge on any atom is 0.153 e. The van der Waals surface area contributed by atoms with Gasteiger partial charge in [-0.05, 0) is 46.5 Å². The molecule has 96 valence electrons. The van der Waals surface area contributed by atoms with Crippen LogP contribution in [-0.2, 0) is 7.05 Å². The molecule has 1 atom stereocenters. The highest BCUT2D eigenvalue weighted by Crippen LogP contribution is 2.27. The Bertz CT molecular complexity index is 544. The molecule has 0 amide bonds. The summed E-state index contributed by atoms with van der Waals surface area (Å²) in [5.74, 6) is 5.68. The van der Waals surface area contributed by atoms with Gasteiger partial charge in [-0.3, -0.25) is 5.84 Å². The van der Waals surface area contributed by atoms with Crippen molar-refractivity contribution in [1.82, 2.24) is 20.4 Å². The van der Waals surface area contributed by atoms with E-state index >= 15 is 0 Å². The fraction of sp³-hybridized carbons (Fsp3) is 0.333. The fourth-order valence-corrected chi connectivity index (χ4v) is 2.48. The van der Waals surface area contributed by atoms with Gasteiger partial charge in [0.25, 0.3) is 0 Å². The van der Waals surface area contributed by atoms with Crippen LogP contribution in [0.4, 0.5) is 0 Å². The molecule has 3 N–H and O–H groups in total. The monoisotopic (exact) mass is 309 g/mol. The zero-order valence-corrected chi connectivity index (χ0v) is 12.2. The highest BCUT2D eigenvalue weighted by Gasteiger charge is 2.21. The number of aromatic nitrogens is 3. The Kier molecular flexibility index (Phi) is 3.79. The van der Waals surface area contributed by atoms with Crippen molar-refractivity contribution >= 4 is 15.9 Å². The third-order valence-corrected chi connectivity index (χ3v) is 3.70. The average molecular weight is 310 g/mol. The van der Waals surface area contributed by atoms with Crippen molar-refractivity contribution < 1.29 is 0 Å². The second kappa shape index (κ2) is 5.17. The molecule has 1 unspecified atom stereocenters. The minimum Gasteiger partial charge on any atom is -0.271 e. The Labute approximate surface area is 114 Å². The van der Waals surface area contributed by atoms with Crippen LogP contribution in [0.3, 0.4) is 0 Å². The maximum absolute atomic E-state index is 5.68. The van der Waals surface area contributed by atoms with Gasteiger partial charge in [-0.2, -0.15) is 0 Å². The van der Waals surface area contributed by atoms with Gasteiger partial charge in [-0.1, -0.05) is 23.4 Å². The van der Waals surface area contributed by atoms with Gasteiger partial charge in [0.05, 0.1) is 11.7 Å². The number of rotatable bonds is 3. The molecule has 5 nitrogen and oxygen atoms in total. The number of nitrogens with zero attached hydrogens (tertiary/aromatic N) is 3. The van der Waals surface area contributed by atoms with Crippen LogP contribution >= 0.6 is 15.9 Å². The van der Waals surface area contributed by atoms with E-state index in [0.29, 0.717) is 4.60 Å². The van der Waals surface area contributed by atoms with Crippen LogP contribution in [0.1, 0.15) is 28.4 Å². The van der Waals surface area contributed by atoms with E-state index in [4.69, 9.17) is 5.84 Å². The molecule has 0 aliphatic rings. The van der Waals surface area contributed by atoms with Crippen molar-refractivity contribution in [3.8, 4) is 0 Å². The van der Waals surface area contributed by atoms with Crippen molar-refractivity contribution in [2.24, 2.45) is 12.9 Å². The minimum atomic E-state index is -0.140. The van der Waals surface area contributed by atoms with E-state index in [0.717, 1.165) is 11.3 Å². The molecule has 0 saturated carbocycles. The summed E-state index contributed by atoms with van der Waals surface area (Å²) in [6.45, 7) is 4.18. The predicted molar refractivity (Wildman–Crippen MR) is 73.8 cm³/mol. The van der Waals surface area contributed by atoms with Crippen LogP contribution in [-0.4, -0.2) is 15.0 Å². The summed E-state index contributed by atoms with van der Waals surface area (Å²) < 4.78 is 2.41. The Morgan fingerprint density at radius 1 is 1.33 bits per heavy atom. The fourth-order valence-electron chi connectivity index (χ4n) is 1.92. The SMILES string of the molecule is Cc1ccc(C(NN)c2c(Br)nnn2C)cc1C. The lowest BCUT2D eigenvalue weighted by molar-refractivity contribution is 0.569. The largest absolute Gasteiger partial charge is 0.271 e. The lowest BCUT2D eigenvalue weighted by Gasteiger charge is -2.17. The molecular formula is C12H16BrN5. The van der Waals surface area contributed by atoms with Gasteiger partial charge >= 0.3 is 0 Å². The molecule has 0 saturated heterocycles. The zero-order chi connectivity index (χ0) is 13.3. The molecule has 0 aliphatic heterocycles. The number of halogens is 1. The smallest absolute Gasteiger partial charge is 0.153 e. The second-order valence-electron chi connectivity index (χ2n) is 4.33. The maximum atomic E-state index is 5.68. The lowest BCUT2D eigenvalue weighted by atomic mass is 9.99. The van der Waals surface area contributed by atoms with E-state index in [1.165, 1.54) is 11.1 Å². The average Bonchev–Trinajstić information content (AvgIpc) is 2.66. The Balaban J connectivity index is 2.48. The van der Waals surface area contributed by atoms with Crippen molar-refractivity contribution in [2.45, 2.75) is 19.9 Å². The van der Waals surface area contributed by atoms with Crippen molar-refractivity contribution in [1.29, 1.82) is 0 Å². The number of hydrazine groups is 1. The van der Waals surface area contributed by atoms with Crippen LogP contribution < -0.4 is 11.3 Å². The van der Waals surface area contributed by atoms with Gasteiger partial charge in [-0.15, -0.1) is 5.10 Å². The van der Waals surface area contributed by atoms with Gasteiger partial charge in [0, 0.05) is 7.05 Å². The van der Waals surface area contributed by atoms with Crippen LogP contribution in [0.2, 0.25) is 0 Å². The Morgan fingerprint density at radius 3 is 2.56 bits per heavy atom. The number of hydrogen-bond donors (Lipinski definition) is 2. The first-order valence-electron chi connectivity index (χ1n) is 5.63. The molecule has 2 aromatic rings. The predicted octanol–water partition coefficient (Wildman–Crippen LogP) is 1.75. The van der Waals surface area contributed by atoms with Gasteiger partial charge in [0.15, 0.2) is 4.60 Å². The van der Waals surface area contributed by atoms with E-state index in [9.17, 15) is 0 Å². The molecular weight excluding hydrogens is 294 g/mol. The van der Waals surface area contributed by atoms with Crippen LogP contribution in [0.25, 0.3) is 0 Å². The first-order chi connectivity index (χ1) is 8.54. The molecule has 6 heteroatoms. The highest BCUT2D eigenvalue weighted by atomic mass is 79.9. The zero-order valence-electron chi connectivity index (χ0n) is 10.6. The van der Waals surface area contributed by atoms with Crippen molar-refractivity contribution in [3.63, 3.8) is 0 Å². The van der Waals surface area contributed by atoms with Crippen molar-refractivity contribution in [3.05, 3.63) is 45.2 Å². The first kappa shape index (κ1) is 13.2. The van der Waals surface area contributed by atoms with Crippen molar-refractivity contribution in [2.75, 3.05) is 0 Å². The van der Waals surface area contributed by atoms with Gasteiger partial charge < -0.3 is 0 Å². The van der Waals surface area contributed by atoms with E-state index < -0.39 is 0 Å². The number of benzene rings is 1. The second-order valence-corrected chi connectivity index (χ2v) is 5.08. The third kappa shape index (κ3) is 2.31. The summed E-state index contributed by atoms with van der Waals surface area (Å²) in [6.07, 6.45) is 0. The topological polar surface area (TPSA) is 68.8 Å². The summed E-state index contributed by atoms with van der Waals surface area (Å²) in [4.78, 5) is 0. The van der Waals surface area contributed by atoms with E-state index in [1.54, 1.807) is 4.68 Å². The first-order valence-corrected chi connectivity index (χ1v) is 6.42. The van der Waals surface area contributed by atoms with Gasteiger partial charge in [0.2, 0.25) is 0 Å². The number of nitrogens with one attached hydrogen (secondary N) is 1. The molecule has 0 aliphatic carbocycles. The molecule has 0 radical (unpaired) electrons. The molecule has 18 heavy (non-hydrogen) atoms. The lowest BCUT2D eigenvalue weighted by Crippen LogP contribution is -2.30. The van der Waals surface area contributed by atoms with E-state index in [-0.39, 0.29) is 6.04 Å². The summed E-state index contributed by atoms with van der Waals surface area (Å²) in [5, 5.41) is 7.96. The van der Waals surface area contributed by atoms with E-state index in [2.05, 4.69) is 63.7 Å². The number of aryl methyl sites for hydroxylation is 3. The van der Waals surface area contributed by atoms with Gasteiger partial charge in [-0.25, -0.2) is 10.1 Å². The quantitative estimate of drug-likeness (QED) is 0.669. The summed E-state index contributed by atoms with van der Waals surface area (Å²) >= 11 is 3.40. The van der Waals surface area contributed by atoms with E-state index in [1.807, 2.05) is 7.05 Å². The molecule has 0 bridgehead atoms. The van der Waals surface area contributed by atoms with Crippen LogP contribution in [0, 0.1) is 13.8 Å². The Morgan fingerprint density at radius 2 is 2.06 bits per heavy atom. The molecule has 0 fully saturated rings. The number of nitrogens with two attached hydrogens (primary N) is 1. The molecule has 0 spiro atoms. The van der Waals surface area contributed by atoms with Gasteiger partial charge in [0.1, 0.15) is 0 Å². The summed E-state index contributed by atoms with van der Waals surface area (Å²) in [7, 11) is 1.85. The molecule has 2 rings (SSSR count). The number of hydrogen-bond acceptors (Lipinski definition) is 4. The highest BCUT2D eigenvalue weighted by molar-refractivity contribution is 9.10. The standard InChI is InChI=1S/C12H16BrN5/c1-7-4-5-9(6-8(7)2)10(15-14)11-12(13)16-17-18(11)3/h4-6,10,15H,14H2,1-3H3. The summed E-state index contributed by atoms with van der Waals surface area (Å²) in [6, 6.07) is 6.14.